The van der Waals surface area contributed by atoms with Crippen LogP contribution < -0.4 is 5.32 Å². The molecular weight excluding hydrogens is 234 g/mol. The van der Waals surface area contributed by atoms with Crippen molar-refractivity contribution in [3.8, 4) is 0 Å². The van der Waals surface area contributed by atoms with Gasteiger partial charge in [0.05, 0.1) is 0 Å². The zero-order valence-corrected chi connectivity index (χ0v) is 13.8. The predicted molar refractivity (Wildman–Crippen MR) is 83.4 cm³/mol. The average Bonchev–Trinajstić information content (AvgIpc) is 2.36. The third-order valence-corrected chi connectivity index (χ3v) is 4.73. The largest absolute Gasteiger partial charge is 0.381 e. The Morgan fingerprint density at radius 2 is 1.84 bits per heavy atom. The van der Waals surface area contributed by atoms with Crippen LogP contribution in [0.4, 0.5) is 0 Å². The summed E-state index contributed by atoms with van der Waals surface area (Å²) in [7, 11) is 0. The Kier molecular flexibility index (Phi) is 7.38. The van der Waals surface area contributed by atoms with E-state index in [9.17, 15) is 0 Å². The lowest BCUT2D eigenvalue weighted by molar-refractivity contribution is 0.0270. The first kappa shape index (κ1) is 17.0. The number of rotatable bonds is 7. The van der Waals surface area contributed by atoms with Crippen LogP contribution in [0.5, 0.6) is 0 Å². The van der Waals surface area contributed by atoms with E-state index in [1.807, 2.05) is 0 Å². The van der Waals surface area contributed by atoms with E-state index in [1.165, 1.54) is 32.2 Å². The van der Waals surface area contributed by atoms with Crippen LogP contribution in [0.3, 0.4) is 0 Å². The van der Waals surface area contributed by atoms with Crippen LogP contribution in [-0.2, 0) is 4.74 Å². The molecule has 2 heteroatoms. The Bertz CT molecular complexity index is 234. The molecule has 1 N–H and O–H groups in total. The summed E-state index contributed by atoms with van der Waals surface area (Å²) in [6, 6.07) is 0. The molecule has 0 aliphatic heterocycles. The SMILES string of the molecule is CCCNCC1CCC(C(C)(C)C)CC1COCC. The van der Waals surface area contributed by atoms with Crippen molar-refractivity contribution in [2.45, 2.75) is 60.3 Å². The van der Waals surface area contributed by atoms with Crippen LogP contribution in [0.25, 0.3) is 0 Å². The van der Waals surface area contributed by atoms with Gasteiger partial charge < -0.3 is 10.1 Å². The summed E-state index contributed by atoms with van der Waals surface area (Å²) in [5, 5.41) is 3.61. The lowest BCUT2D eigenvalue weighted by Gasteiger charge is -2.42. The molecule has 0 heterocycles. The maximum atomic E-state index is 5.74. The van der Waals surface area contributed by atoms with Crippen LogP contribution >= 0.6 is 0 Å². The number of hydrogen-bond acceptors (Lipinski definition) is 2. The van der Waals surface area contributed by atoms with Crippen molar-refractivity contribution in [2.75, 3.05) is 26.3 Å². The normalized spacial score (nSPS) is 28.6. The molecule has 3 atom stereocenters. The van der Waals surface area contributed by atoms with Crippen molar-refractivity contribution in [1.29, 1.82) is 0 Å². The highest BCUT2D eigenvalue weighted by Crippen LogP contribution is 2.42. The summed E-state index contributed by atoms with van der Waals surface area (Å²) in [5.74, 6) is 2.43. The standard InChI is InChI=1S/C17H35NO/c1-6-10-18-12-14-8-9-16(17(3,4)5)11-15(14)13-19-7-2/h14-16,18H,6-13H2,1-5H3. The molecule has 0 aromatic carbocycles. The van der Waals surface area contributed by atoms with E-state index in [2.05, 4.69) is 39.9 Å². The van der Waals surface area contributed by atoms with Gasteiger partial charge in [-0.2, -0.15) is 0 Å². The molecule has 19 heavy (non-hydrogen) atoms. The van der Waals surface area contributed by atoms with Gasteiger partial charge in [-0.15, -0.1) is 0 Å². The number of ether oxygens (including phenoxy) is 1. The van der Waals surface area contributed by atoms with E-state index in [1.54, 1.807) is 0 Å². The molecule has 0 spiro atoms. The van der Waals surface area contributed by atoms with Crippen LogP contribution in [0.2, 0.25) is 0 Å². The van der Waals surface area contributed by atoms with Gasteiger partial charge in [0.1, 0.15) is 0 Å². The zero-order chi connectivity index (χ0) is 14.3. The summed E-state index contributed by atoms with van der Waals surface area (Å²) in [4.78, 5) is 0. The van der Waals surface area contributed by atoms with Gasteiger partial charge in [-0.3, -0.25) is 0 Å². The predicted octanol–water partition coefficient (Wildman–Crippen LogP) is 4.10. The van der Waals surface area contributed by atoms with Crippen molar-refractivity contribution < 1.29 is 4.74 Å². The molecular formula is C17H35NO. The Morgan fingerprint density at radius 1 is 1.11 bits per heavy atom. The summed E-state index contributed by atoms with van der Waals surface area (Å²) in [6.07, 6.45) is 5.34. The van der Waals surface area contributed by atoms with Crippen LogP contribution in [-0.4, -0.2) is 26.3 Å². The molecule has 1 saturated carbocycles. The van der Waals surface area contributed by atoms with E-state index in [4.69, 9.17) is 4.74 Å². The molecule has 1 rings (SSSR count). The Hall–Kier alpha value is -0.0800. The molecule has 3 unspecified atom stereocenters. The lowest BCUT2D eigenvalue weighted by Crippen LogP contribution is -2.38. The first-order valence-corrected chi connectivity index (χ1v) is 8.27. The first-order chi connectivity index (χ1) is 8.99. The zero-order valence-electron chi connectivity index (χ0n) is 13.8. The lowest BCUT2D eigenvalue weighted by atomic mass is 9.65. The summed E-state index contributed by atoms with van der Waals surface area (Å²) in [6.45, 7) is 15.7. The van der Waals surface area contributed by atoms with Gasteiger partial charge in [-0.25, -0.2) is 0 Å². The fraction of sp³-hybridized carbons (Fsp3) is 1.00. The Labute approximate surface area is 120 Å². The van der Waals surface area contributed by atoms with Gasteiger partial charge >= 0.3 is 0 Å². The van der Waals surface area contributed by atoms with Crippen molar-refractivity contribution >= 4 is 0 Å². The van der Waals surface area contributed by atoms with E-state index in [-0.39, 0.29) is 0 Å². The summed E-state index contributed by atoms with van der Waals surface area (Å²) in [5.41, 5.74) is 0.451. The molecule has 1 fully saturated rings. The summed E-state index contributed by atoms with van der Waals surface area (Å²) >= 11 is 0. The first-order valence-electron chi connectivity index (χ1n) is 8.27. The van der Waals surface area contributed by atoms with Crippen molar-refractivity contribution in [3.63, 3.8) is 0 Å². The highest BCUT2D eigenvalue weighted by molar-refractivity contribution is 4.86. The minimum atomic E-state index is 0.451. The Balaban J connectivity index is 2.51. The van der Waals surface area contributed by atoms with E-state index < -0.39 is 0 Å². The minimum Gasteiger partial charge on any atom is -0.381 e. The average molecular weight is 269 g/mol. The molecule has 0 aromatic rings. The second-order valence-corrected chi connectivity index (χ2v) is 7.26. The second kappa shape index (κ2) is 8.26. The minimum absolute atomic E-state index is 0.451. The van der Waals surface area contributed by atoms with Gasteiger partial charge in [0.15, 0.2) is 0 Å². The van der Waals surface area contributed by atoms with Gasteiger partial charge in [-0.05, 0) is 68.9 Å². The molecule has 114 valence electrons. The molecule has 0 aromatic heterocycles. The monoisotopic (exact) mass is 269 g/mol. The molecule has 0 radical (unpaired) electrons. The molecule has 0 bridgehead atoms. The number of hydrogen-bond donors (Lipinski definition) is 1. The smallest absolute Gasteiger partial charge is 0.0497 e. The van der Waals surface area contributed by atoms with Crippen LogP contribution in [0, 0.1) is 23.2 Å². The van der Waals surface area contributed by atoms with Gasteiger partial charge in [-0.1, -0.05) is 27.7 Å². The van der Waals surface area contributed by atoms with Crippen molar-refractivity contribution in [3.05, 3.63) is 0 Å². The molecule has 1 aliphatic carbocycles. The number of nitrogens with one attached hydrogen (secondary N) is 1. The van der Waals surface area contributed by atoms with Gasteiger partial charge in [0, 0.05) is 13.2 Å². The van der Waals surface area contributed by atoms with Gasteiger partial charge in [0.2, 0.25) is 0 Å². The topological polar surface area (TPSA) is 21.3 Å². The highest BCUT2D eigenvalue weighted by atomic mass is 16.5. The fourth-order valence-electron chi connectivity index (χ4n) is 3.32. The second-order valence-electron chi connectivity index (χ2n) is 7.26. The van der Waals surface area contributed by atoms with Crippen LogP contribution in [0.15, 0.2) is 0 Å². The maximum Gasteiger partial charge on any atom is 0.0497 e. The molecule has 0 amide bonds. The Morgan fingerprint density at radius 3 is 2.42 bits per heavy atom. The van der Waals surface area contributed by atoms with E-state index in [0.717, 1.165) is 37.5 Å². The van der Waals surface area contributed by atoms with Gasteiger partial charge in [0.25, 0.3) is 0 Å². The van der Waals surface area contributed by atoms with E-state index in [0.29, 0.717) is 5.41 Å². The quantitative estimate of drug-likeness (QED) is 0.703. The third kappa shape index (κ3) is 5.83. The molecule has 1 aliphatic rings. The fourth-order valence-corrected chi connectivity index (χ4v) is 3.32. The molecule has 2 nitrogen and oxygen atoms in total. The third-order valence-electron chi connectivity index (χ3n) is 4.73. The summed E-state index contributed by atoms with van der Waals surface area (Å²) < 4.78 is 5.74. The van der Waals surface area contributed by atoms with Crippen molar-refractivity contribution in [1.82, 2.24) is 5.32 Å². The maximum absolute atomic E-state index is 5.74. The van der Waals surface area contributed by atoms with E-state index >= 15 is 0 Å². The van der Waals surface area contributed by atoms with Crippen LogP contribution in [0.1, 0.15) is 60.3 Å². The van der Waals surface area contributed by atoms with Crippen molar-refractivity contribution in [2.24, 2.45) is 23.2 Å². The highest BCUT2D eigenvalue weighted by Gasteiger charge is 2.35. The molecule has 0 saturated heterocycles.